The summed E-state index contributed by atoms with van der Waals surface area (Å²) in [6.45, 7) is 4.89. The fraction of sp³-hybridized carbons (Fsp3) is 0.579. The molecule has 5 heteroatoms. The van der Waals surface area contributed by atoms with Crippen molar-refractivity contribution < 1.29 is 19.1 Å². The minimum Gasteiger partial charge on any atom is -0.466 e. The average Bonchev–Trinajstić information content (AvgIpc) is 2.61. The number of benzene rings is 1. The lowest BCUT2D eigenvalue weighted by molar-refractivity contribution is -0.146. The molecule has 132 valence electrons. The highest BCUT2D eigenvalue weighted by Crippen LogP contribution is 2.18. The summed E-state index contributed by atoms with van der Waals surface area (Å²) in [5.74, 6) is 0.107. The summed E-state index contributed by atoms with van der Waals surface area (Å²) in [4.78, 5) is 25.4. The van der Waals surface area contributed by atoms with Gasteiger partial charge in [0, 0.05) is 19.5 Å². The molecular weight excluding hydrogens is 306 g/mol. The molecule has 1 saturated heterocycles. The van der Waals surface area contributed by atoms with Crippen LogP contribution in [0.3, 0.4) is 0 Å². The molecule has 0 aromatic heterocycles. The van der Waals surface area contributed by atoms with Crippen LogP contribution in [0.15, 0.2) is 30.3 Å². The number of ether oxygens (including phenoxy) is 2. The van der Waals surface area contributed by atoms with Crippen LogP contribution in [0.1, 0.15) is 38.2 Å². The predicted octanol–water partition coefficient (Wildman–Crippen LogP) is 2.79. The fourth-order valence-corrected chi connectivity index (χ4v) is 2.95. The highest BCUT2D eigenvalue weighted by atomic mass is 16.5. The van der Waals surface area contributed by atoms with E-state index in [1.165, 1.54) is 0 Å². The van der Waals surface area contributed by atoms with Crippen molar-refractivity contribution in [1.82, 2.24) is 4.90 Å². The first-order chi connectivity index (χ1) is 11.7. The van der Waals surface area contributed by atoms with Gasteiger partial charge in [-0.15, -0.1) is 0 Å². The van der Waals surface area contributed by atoms with Gasteiger partial charge in [0.15, 0.2) is 0 Å². The van der Waals surface area contributed by atoms with E-state index in [4.69, 9.17) is 9.47 Å². The average molecular weight is 333 g/mol. The van der Waals surface area contributed by atoms with E-state index in [1.807, 2.05) is 35.2 Å². The molecule has 1 fully saturated rings. The Bertz CT molecular complexity index is 517. The number of hydrogen-bond acceptors (Lipinski definition) is 4. The van der Waals surface area contributed by atoms with Crippen LogP contribution in [0.25, 0.3) is 0 Å². The molecule has 1 amide bonds. The third-order valence-electron chi connectivity index (χ3n) is 4.19. The zero-order chi connectivity index (χ0) is 17.2. The van der Waals surface area contributed by atoms with Crippen molar-refractivity contribution >= 4 is 11.9 Å². The van der Waals surface area contributed by atoms with Crippen LogP contribution in [0.2, 0.25) is 0 Å². The lowest BCUT2D eigenvalue weighted by Gasteiger charge is -2.32. The third-order valence-corrected chi connectivity index (χ3v) is 4.19. The van der Waals surface area contributed by atoms with Gasteiger partial charge < -0.3 is 14.4 Å². The molecule has 1 heterocycles. The van der Waals surface area contributed by atoms with Crippen LogP contribution in [0.4, 0.5) is 0 Å². The van der Waals surface area contributed by atoms with Gasteiger partial charge in [-0.3, -0.25) is 9.59 Å². The van der Waals surface area contributed by atoms with Gasteiger partial charge in [-0.2, -0.15) is 0 Å². The molecule has 1 aliphatic rings. The number of carbonyl (C=O) groups excluding carboxylic acids is 2. The molecule has 1 aromatic rings. The van der Waals surface area contributed by atoms with E-state index in [9.17, 15) is 9.59 Å². The summed E-state index contributed by atoms with van der Waals surface area (Å²) in [5.41, 5.74) is 1.16. The molecule has 1 atom stereocenters. The molecule has 5 nitrogen and oxygen atoms in total. The zero-order valence-electron chi connectivity index (χ0n) is 14.4. The standard InChI is InChI=1S/C19H27NO4/c1-2-24-19(22)11-10-18(21)20-12-6-9-17(13-20)15-23-14-16-7-4-3-5-8-16/h3-5,7-8,17H,2,6,9-15H2,1H3. The number of hydrogen-bond donors (Lipinski definition) is 0. The number of carbonyl (C=O) groups is 2. The Morgan fingerprint density at radius 2 is 2.00 bits per heavy atom. The van der Waals surface area contributed by atoms with Crippen LogP contribution in [0, 0.1) is 5.92 Å². The Kier molecular flexibility index (Phi) is 7.75. The van der Waals surface area contributed by atoms with E-state index in [-0.39, 0.29) is 24.7 Å². The number of piperidine rings is 1. The second kappa shape index (κ2) is 10.1. The normalized spacial score (nSPS) is 17.5. The Hall–Kier alpha value is -1.88. The van der Waals surface area contributed by atoms with Crippen LogP contribution >= 0.6 is 0 Å². The summed E-state index contributed by atoms with van der Waals surface area (Å²) in [6.07, 6.45) is 2.47. The largest absolute Gasteiger partial charge is 0.466 e. The number of esters is 1. The third kappa shape index (κ3) is 6.32. The highest BCUT2D eigenvalue weighted by molar-refractivity contribution is 5.81. The maximum atomic E-state index is 12.2. The molecule has 1 unspecified atom stereocenters. The van der Waals surface area contributed by atoms with Crippen molar-refractivity contribution in [2.45, 2.75) is 39.2 Å². The molecule has 0 N–H and O–H groups in total. The summed E-state index contributed by atoms with van der Waals surface area (Å²) in [7, 11) is 0. The molecular formula is C19H27NO4. The Morgan fingerprint density at radius 3 is 2.75 bits per heavy atom. The van der Waals surface area contributed by atoms with Crippen LogP contribution in [0.5, 0.6) is 0 Å². The quantitative estimate of drug-likeness (QED) is 0.687. The van der Waals surface area contributed by atoms with E-state index in [0.29, 0.717) is 25.7 Å². The van der Waals surface area contributed by atoms with Gasteiger partial charge >= 0.3 is 5.97 Å². The minimum absolute atomic E-state index is 0.0378. The number of likely N-dealkylation sites (tertiary alicyclic amines) is 1. The van der Waals surface area contributed by atoms with Crippen molar-refractivity contribution in [2.75, 3.05) is 26.3 Å². The number of amides is 1. The van der Waals surface area contributed by atoms with Gasteiger partial charge in [0.25, 0.3) is 0 Å². The van der Waals surface area contributed by atoms with Crippen molar-refractivity contribution in [3.8, 4) is 0 Å². The van der Waals surface area contributed by atoms with E-state index >= 15 is 0 Å². The van der Waals surface area contributed by atoms with Gasteiger partial charge in [-0.05, 0) is 31.2 Å². The van der Waals surface area contributed by atoms with E-state index in [1.54, 1.807) is 6.92 Å². The smallest absolute Gasteiger partial charge is 0.306 e. The summed E-state index contributed by atoms with van der Waals surface area (Å²) in [5, 5.41) is 0. The number of rotatable bonds is 8. The second-order valence-corrected chi connectivity index (χ2v) is 6.15. The minimum atomic E-state index is -0.300. The van der Waals surface area contributed by atoms with Crippen LogP contribution in [-0.2, 0) is 25.7 Å². The first-order valence-electron chi connectivity index (χ1n) is 8.74. The van der Waals surface area contributed by atoms with Gasteiger partial charge in [0.1, 0.15) is 0 Å². The van der Waals surface area contributed by atoms with Crippen LogP contribution in [-0.4, -0.2) is 43.1 Å². The predicted molar refractivity (Wildman–Crippen MR) is 91.3 cm³/mol. The highest BCUT2D eigenvalue weighted by Gasteiger charge is 2.24. The summed E-state index contributed by atoms with van der Waals surface area (Å²) < 4.78 is 10.7. The van der Waals surface area contributed by atoms with Gasteiger partial charge in [-0.1, -0.05) is 30.3 Å². The Morgan fingerprint density at radius 1 is 1.21 bits per heavy atom. The molecule has 24 heavy (non-hydrogen) atoms. The van der Waals surface area contributed by atoms with Crippen molar-refractivity contribution in [3.63, 3.8) is 0 Å². The van der Waals surface area contributed by atoms with Crippen molar-refractivity contribution in [1.29, 1.82) is 0 Å². The lowest BCUT2D eigenvalue weighted by atomic mass is 9.98. The SMILES string of the molecule is CCOC(=O)CCC(=O)N1CCCC(COCc2ccccc2)C1. The summed E-state index contributed by atoms with van der Waals surface area (Å²) >= 11 is 0. The van der Waals surface area contributed by atoms with Gasteiger partial charge in [0.05, 0.1) is 26.2 Å². The van der Waals surface area contributed by atoms with E-state index in [2.05, 4.69) is 0 Å². The van der Waals surface area contributed by atoms with Crippen molar-refractivity contribution in [2.24, 2.45) is 5.92 Å². The maximum Gasteiger partial charge on any atom is 0.306 e. The second-order valence-electron chi connectivity index (χ2n) is 6.15. The fourth-order valence-electron chi connectivity index (χ4n) is 2.95. The number of nitrogens with zero attached hydrogens (tertiary/aromatic N) is 1. The molecule has 2 rings (SSSR count). The lowest BCUT2D eigenvalue weighted by Crippen LogP contribution is -2.41. The van der Waals surface area contributed by atoms with E-state index in [0.717, 1.165) is 31.5 Å². The molecule has 1 aliphatic heterocycles. The Balaban J connectivity index is 1.69. The van der Waals surface area contributed by atoms with Crippen LogP contribution < -0.4 is 0 Å². The van der Waals surface area contributed by atoms with Gasteiger partial charge in [-0.25, -0.2) is 0 Å². The first kappa shape index (κ1) is 18.5. The molecule has 1 aromatic carbocycles. The molecule has 0 aliphatic carbocycles. The monoisotopic (exact) mass is 333 g/mol. The molecule has 0 spiro atoms. The van der Waals surface area contributed by atoms with Gasteiger partial charge in [0.2, 0.25) is 5.91 Å². The topological polar surface area (TPSA) is 55.8 Å². The first-order valence-corrected chi connectivity index (χ1v) is 8.74. The molecule has 0 bridgehead atoms. The van der Waals surface area contributed by atoms with E-state index < -0.39 is 0 Å². The molecule has 0 saturated carbocycles. The Labute approximate surface area is 143 Å². The maximum absolute atomic E-state index is 12.2. The molecule has 0 radical (unpaired) electrons. The zero-order valence-corrected chi connectivity index (χ0v) is 14.4. The summed E-state index contributed by atoms with van der Waals surface area (Å²) in [6, 6.07) is 10.1. The van der Waals surface area contributed by atoms with Crippen molar-refractivity contribution in [3.05, 3.63) is 35.9 Å².